The minimum Gasteiger partial charge on any atom is -0.354 e. The van der Waals surface area contributed by atoms with Gasteiger partial charge in [-0.1, -0.05) is 0 Å². The van der Waals surface area contributed by atoms with E-state index in [-0.39, 0.29) is 0 Å². The van der Waals surface area contributed by atoms with Crippen LogP contribution in [0.2, 0.25) is 0 Å². The summed E-state index contributed by atoms with van der Waals surface area (Å²) >= 11 is 5.08. The molecule has 0 aromatic carbocycles. The first kappa shape index (κ1) is 12.0. The van der Waals surface area contributed by atoms with Crippen LogP contribution in [-0.4, -0.2) is 22.0 Å². The topological polar surface area (TPSA) is 41.9 Å². The lowest BCUT2D eigenvalue weighted by molar-refractivity contribution is 0.836. The zero-order chi connectivity index (χ0) is 12.5. The molecule has 94 valence electrons. The van der Waals surface area contributed by atoms with Crippen molar-refractivity contribution in [1.82, 2.24) is 15.0 Å². The van der Waals surface area contributed by atoms with Crippen molar-refractivity contribution in [3.63, 3.8) is 0 Å². The van der Waals surface area contributed by atoms with E-state index >= 15 is 0 Å². The van der Waals surface area contributed by atoms with Gasteiger partial charge in [-0.3, -0.25) is 0 Å². The molecule has 0 bridgehead atoms. The monoisotopic (exact) mass is 324 g/mol. The van der Waals surface area contributed by atoms with Gasteiger partial charge in [-0.15, -0.1) is 11.3 Å². The maximum absolute atomic E-state index is 4.64. The van der Waals surface area contributed by atoms with E-state index in [1.807, 2.05) is 18.6 Å². The first-order valence-corrected chi connectivity index (χ1v) is 7.58. The summed E-state index contributed by atoms with van der Waals surface area (Å²) in [5.74, 6) is 2.48. The summed E-state index contributed by atoms with van der Waals surface area (Å²) in [7, 11) is 2.03. The summed E-state index contributed by atoms with van der Waals surface area (Å²) < 4.78 is 0.861. The van der Waals surface area contributed by atoms with E-state index in [1.54, 1.807) is 11.3 Å². The second-order valence-electron chi connectivity index (χ2n) is 4.52. The Labute approximate surface area is 118 Å². The summed E-state index contributed by atoms with van der Waals surface area (Å²) in [5, 5.41) is 2.06. The van der Waals surface area contributed by atoms with Crippen molar-refractivity contribution in [3.05, 3.63) is 33.1 Å². The minimum absolute atomic E-state index is 0.564. The normalized spacial score (nSPS) is 14.8. The molecule has 0 aliphatic heterocycles. The molecule has 6 heteroatoms. The third kappa shape index (κ3) is 2.70. The lowest BCUT2D eigenvalue weighted by atomic mass is 10.3. The van der Waals surface area contributed by atoms with Gasteiger partial charge in [0.05, 0.1) is 17.7 Å². The molecule has 1 aliphatic carbocycles. The van der Waals surface area contributed by atoms with Crippen LogP contribution in [0.4, 0.5) is 5.82 Å². The number of nitrogens with zero attached hydrogens (tertiary/aromatic N) is 4. The molecule has 0 unspecified atom stereocenters. The number of hydrogen-bond donors (Lipinski definition) is 0. The first-order valence-electron chi connectivity index (χ1n) is 5.85. The molecule has 2 aromatic heterocycles. The Hall–Kier alpha value is -1.01. The van der Waals surface area contributed by atoms with Crippen molar-refractivity contribution in [2.45, 2.75) is 25.3 Å². The lowest BCUT2D eigenvalue weighted by Gasteiger charge is -2.17. The van der Waals surface area contributed by atoms with Crippen LogP contribution >= 0.6 is 27.3 Å². The average Bonchev–Trinajstić information content (AvgIpc) is 3.08. The van der Waals surface area contributed by atoms with Crippen LogP contribution < -0.4 is 4.90 Å². The van der Waals surface area contributed by atoms with Crippen LogP contribution in [0.3, 0.4) is 0 Å². The molecule has 18 heavy (non-hydrogen) atoms. The fourth-order valence-electron chi connectivity index (χ4n) is 1.78. The molecule has 4 nitrogen and oxygen atoms in total. The van der Waals surface area contributed by atoms with Crippen molar-refractivity contribution in [3.8, 4) is 0 Å². The Morgan fingerprint density at radius 3 is 2.94 bits per heavy atom. The number of anilines is 1. The van der Waals surface area contributed by atoms with Gasteiger partial charge in [0.1, 0.15) is 16.2 Å². The van der Waals surface area contributed by atoms with Crippen LogP contribution in [0.15, 0.2) is 21.6 Å². The van der Waals surface area contributed by atoms with Gasteiger partial charge in [0, 0.05) is 24.4 Å². The van der Waals surface area contributed by atoms with Gasteiger partial charge in [-0.25, -0.2) is 15.0 Å². The second kappa shape index (κ2) is 4.93. The Kier molecular flexibility index (Phi) is 3.30. The van der Waals surface area contributed by atoms with Crippen molar-refractivity contribution in [2.24, 2.45) is 0 Å². The highest BCUT2D eigenvalue weighted by Gasteiger charge is 2.27. The van der Waals surface area contributed by atoms with Crippen LogP contribution in [-0.2, 0) is 6.54 Å². The maximum atomic E-state index is 4.64. The largest absolute Gasteiger partial charge is 0.354 e. The summed E-state index contributed by atoms with van der Waals surface area (Å²) in [4.78, 5) is 15.5. The van der Waals surface area contributed by atoms with Gasteiger partial charge >= 0.3 is 0 Å². The molecule has 0 amide bonds. The van der Waals surface area contributed by atoms with Crippen molar-refractivity contribution < 1.29 is 0 Å². The third-order valence-corrected chi connectivity index (χ3v) is 3.96. The predicted molar refractivity (Wildman–Crippen MR) is 75.9 cm³/mol. The van der Waals surface area contributed by atoms with E-state index in [2.05, 4.69) is 41.2 Å². The third-order valence-electron chi connectivity index (χ3n) is 2.91. The molecule has 0 spiro atoms. The highest BCUT2D eigenvalue weighted by molar-refractivity contribution is 9.10. The highest BCUT2D eigenvalue weighted by Crippen LogP contribution is 2.39. The summed E-state index contributed by atoms with van der Waals surface area (Å²) in [6.45, 7) is 0.775. The van der Waals surface area contributed by atoms with E-state index in [4.69, 9.17) is 0 Å². The van der Waals surface area contributed by atoms with Gasteiger partial charge in [-0.2, -0.15) is 0 Å². The lowest BCUT2D eigenvalue weighted by Crippen LogP contribution is -2.18. The molecule has 0 saturated heterocycles. The van der Waals surface area contributed by atoms with Crippen LogP contribution in [0.25, 0.3) is 0 Å². The SMILES string of the molecule is CN(Cc1cscn1)c1cc(Br)nc(C2CC2)n1. The number of halogens is 1. The molecule has 0 atom stereocenters. The first-order chi connectivity index (χ1) is 8.72. The minimum atomic E-state index is 0.564. The Balaban J connectivity index is 1.81. The zero-order valence-electron chi connectivity index (χ0n) is 10.0. The van der Waals surface area contributed by atoms with Crippen LogP contribution in [0.5, 0.6) is 0 Å². The molecule has 1 aliphatic rings. The van der Waals surface area contributed by atoms with Crippen molar-refractivity contribution >= 4 is 33.1 Å². The van der Waals surface area contributed by atoms with Gasteiger partial charge < -0.3 is 4.90 Å². The van der Waals surface area contributed by atoms with Crippen LogP contribution in [0, 0.1) is 0 Å². The average molecular weight is 325 g/mol. The molecule has 2 aromatic rings. The van der Waals surface area contributed by atoms with E-state index in [0.717, 1.165) is 28.5 Å². The summed E-state index contributed by atoms with van der Waals surface area (Å²) in [6, 6.07) is 1.96. The maximum Gasteiger partial charge on any atom is 0.135 e. The Morgan fingerprint density at radius 1 is 1.44 bits per heavy atom. The fourth-order valence-corrected chi connectivity index (χ4v) is 2.72. The highest BCUT2D eigenvalue weighted by atomic mass is 79.9. The van der Waals surface area contributed by atoms with E-state index in [0.29, 0.717) is 5.92 Å². The van der Waals surface area contributed by atoms with E-state index < -0.39 is 0 Å². The molecule has 0 N–H and O–H groups in total. The predicted octanol–water partition coefficient (Wildman–Crippen LogP) is 3.21. The number of aromatic nitrogens is 3. The van der Waals surface area contributed by atoms with E-state index in [1.165, 1.54) is 12.8 Å². The molecular weight excluding hydrogens is 312 g/mol. The van der Waals surface area contributed by atoms with Gasteiger partial charge in [-0.05, 0) is 28.8 Å². The summed E-state index contributed by atoms with van der Waals surface area (Å²) in [5.41, 5.74) is 2.93. The molecule has 3 rings (SSSR count). The molecular formula is C12H13BrN4S. The number of hydrogen-bond acceptors (Lipinski definition) is 5. The van der Waals surface area contributed by atoms with Crippen molar-refractivity contribution in [2.75, 3.05) is 11.9 Å². The molecule has 1 fully saturated rings. The zero-order valence-corrected chi connectivity index (χ0v) is 12.4. The van der Waals surface area contributed by atoms with Crippen molar-refractivity contribution in [1.29, 1.82) is 0 Å². The van der Waals surface area contributed by atoms with Gasteiger partial charge in [0.2, 0.25) is 0 Å². The standard InChI is InChI=1S/C12H13BrN4S/c1-17(5-9-6-18-7-14-9)11-4-10(13)15-12(16-11)8-2-3-8/h4,6-8H,2-3,5H2,1H3. The fraction of sp³-hybridized carbons (Fsp3) is 0.417. The van der Waals surface area contributed by atoms with Crippen LogP contribution in [0.1, 0.15) is 30.3 Å². The van der Waals surface area contributed by atoms with Gasteiger partial charge in [0.25, 0.3) is 0 Å². The van der Waals surface area contributed by atoms with E-state index in [9.17, 15) is 0 Å². The Bertz CT molecular complexity index is 539. The quantitative estimate of drug-likeness (QED) is 0.810. The smallest absolute Gasteiger partial charge is 0.135 e. The molecule has 2 heterocycles. The Morgan fingerprint density at radius 2 is 2.28 bits per heavy atom. The summed E-state index contributed by atoms with van der Waals surface area (Å²) in [6.07, 6.45) is 2.43. The molecule has 0 radical (unpaired) electrons. The molecule has 1 saturated carbocycles. The second-order valence-corrected chi connectivity index (χ2v) is 6.05. The van der Waals surface area contributed by atoms with Gasteiger partial charge in [0.15, 0.2) is 0 Å². The number of rotatable bonds is 4. The number of thiazole rings is 1.